The zero-order valence-electron chi connectivity index (χ0n) is 14.9. The van der Waals surface area contributed by atoms with Gasteiger partial charge in [0.15, 0.2) is 6.61 Å². The van der Waals surface area contributed by atoms with E-state index in [-0.39, 0.29) is 24.5 Å². The van der Waals surface area contributed by atoms with Gasteiger partial charge >= 0.3 is 0 Å². The monoisotopic (exact) mass is 354 g/mol. The maximum absolute atomic E-state index is 12.3. The molecule has 2 aromatic rings. The Labute approximate surface area is 152 Å². The average molecular weight is 354 g/mol. The zero-order chi connectivity index (χ0) is 18.5. The van der Waals surface area contributed by atoms with Crippen LogP contribution in [0.15, 0.2) is 42.5 Å². The number of carbonyl (C=O) groups excluding carboxylic acids is 2. The molecule has 2 aromatic carbocycles. The Bertz CT molecular complexity index is 800. The van der Waals surface area contributed by atoms with Crippen LogP contribution in [0.5, 0.6) is 11.5 Å². The summed E-state index contributed by atoms with van der Waals surface area (Å²) in [5.74, 6) is 0.986. The van der Waals surface area contributed by atoms with Crippen molar-refractivity contribution in [1.29, 1.82) is 0 Å². The van der Waals surface area contributed by atoms with Crippen molar-refractivity contribution in [3.63, 3.8) is 0 Å². The Hall–Kier alpha value is -3.02. The molecule has 0 unspecified atom stereocenters. The molecule has 0 fully saturated rings. The minimum Gasteiger partial charge on any atom is -0.491 e. The highest BCUT2D eigenvalue weighted by Crippen LogP contribution is 2.28. The van der Waals surface area contributed by atoms with Gasteiger partial charge in [-0.3, -0.25) is 9.59 Å². The lowest BCUT2D eigenvalue weighted by Gasteiger charge is -2.18. The summed E-state index contributed by atoms with van der Waals surface area (Å²) in [6, 6.07) is 12.9. The van der Waals surface area contributed by atoms with Crippen LogP contribution in [0.1, 0.15) is 29.8 Å². The van der Waals surface area contributed by atoms with Gasteiger partial charge in [0.25, 0.3) is 11.8 Å². The van der Waals surface area contributed by atoms with Gasteiger partial charge in [-0.25, -0.2) is 0 Å². The van der Waals surface area contributed by atoms with E-state index < -0.39 is 0 Å². The molecular weight excluding hydrogens is 332 g/mol. The Balaban J connectivity index is 1.52. The van der Waals surface area contributed by atoms with Crippen LogP contribution in [0, 0.1) is 0 Å². The molecule has 0 saturated heterocycles. The lowest BCUT2D eigenvalue weighted by molar-refractivity contribution is -0.118. The minimum absolute atomic E-state index is 0.0331. The van der Waals surface area contributed by atoms with E-state index in [9.17, 15) is 9.59 Å². The molecular formula is C20H22N2O4. The lowest BCUT2D eigenvalue weighted by atomic mass is 10.1. The topological polar surface area (TPSA) is 76.7 Å². The van der Waals surface area contributed by atoms with E-state index in [4.69, 9.17) is 9.47 Å². The van der Waals surface area contributed by atoms with Crippen LogP contribution in [-0.2, 0) is 11.2 Å². The molecule has 0 bridgehead atoms. The van der Waals surface area contributed by atoms with E-state index in [1.54, 1.807) is 18.2 Å². The van der Waals surface area contributed by atoms with E-state index >= 15 is 0 Å². The number of amides is 2. The molecule has 0 radical (unpaired) electrons. The predicted molar refractivity (Wildman–Crippen MR) is 98.8 cm³/mol. The molecule has 136 valence electrons. The summed E-state index contributed by atoms with van der Waals surface area (Å²) in [5.41, 5.74) is 2.21. The molecule has 2 amide bonds. The number of rotatable bonds is 6. The van der Waals surface area contributed by atoms with Crippen LogP contribution in [0.25, 0.3) is 0 Å². The molecule has 26 heavy (non-hydrogen) atoms. The Morgan fingerprint density at radius 1 is 1.23 bits per heavy atom. The first-order valence-electron chi connectivity index (χ1n) is 8.62. The van der Waals surface area contributed by atoms with Crippen molar-refractivity contribution >= 4 is 17.5 Å². The Morgan fingerprint density at radius 2 is 2.00 bits per heavy atom. The normalized spacial score (nSPS) is 12.8. The first-order chi connectivity index (χ1) is 12.5. The van der Waals surface area contributed by atoms with Crippen LogP contribution < -0.4 is 20.1 Å². The third-order valence-electron chi connectivity index (χ3n) is 3.87. The first-order valence-corrected chi connectivity index (χ1v) is 8.62. The average Bonchev–Trinajstić information content (AvgIpc) is 2.62. The van der Waals surface area contributed by atoms with Crippen LogP contribution in [0.3, 0.4) is 0 Å². The molecule has 0 saturated carbocycles. The Kier molecular flexibility index (Phi) is 5.41. The van der Waals surface area contributed by atoms with Crippen molar-refractivity contribution in [1.82, 2.24) is 5.32 Å². The van der Waals surface area contributed by atoms with Gasteiger partial charge in [-0.15, -0.1) is 0 Å². The number of anilines is 1. The van der Waals surface area contributed by atoms with E-state index in [1.807, 2.05) is 38.1 Å². The molecule has 0 aliphatic carbocycles. The lowest BCUT2D eigenvalue weighted by Crippen LogP contribution is -2.27. The fraction of sp³-hybridized carbons (Fsp3) is 0.300. The van der Waals surface area contributed by atoms with E-state index in [0.717, 1.165) is 17.7 Å². The SMILES string of the molecule is CC(C)Oc1ccc(CCNC(=O)c2ccc3c(c2)OCC(=O)N3)cc1. The van der Waals surface area contributed by atoms with E-state index in [2.05, 4.69) is 10.6 Å². The fourth-order valence-electron chi connectivity index (χ4n) is 2.65. The van der Waals surface area contributed by atoms with Gasteiger partial charge in [0.1, 0.15) is 11.5 Å². The highest BCUT2D eigenvalue weighted by Gasteiger charge is 2.17. The van der Waals surface area contributed by atoms with Gasteiger partial charge in [-0.2, -0.15) is 0 Å². The van der Waals surface area contributed by atoms with Gasteiger partial charge in [0, 0.05) is 12.1 Å². The molecule has 0 spiro atoms. The second-order valence-corrected chi connectivity index (χ2v) is 6.36. The summed E-state index contributed by atoms with van der Waals surface area (Å²) in [5, 5.41) is 5.60. The molecule has 6 heteroatoms. The summed E-state index contributed by atoms with van der Waals surface area (Å²) in [6.45, 7) is 4.47. The number of nitrogens with one attached hydrogen (secondary N) is 2. The van der Waals surface area contributed by atoms with Crippen LogP contribution in [-0.4, -0.2) is 31.1 Å². The maximum atomic E-state index is 12.3. The van der Waals surface area contributed by atoms with Crippen molar-refractivity contribution in [2.45, 2.75) is 26.4 Å². The number of hydrogen-bond donors (Lipinski definition) is 2. The quantitative estimate of drug-likeness (QED) is 0.836. The minimum atomic E-state index is -0.195. The van der Waals surface area contributed by atoms with Crippen molar-refractivity contribution < 1.29 is 19.1 Å². The second kappa shape index (κ2) is 7.91. The van der Waals surface area contributed by atoms with Gasteiger partial charge in [-0.1, -0.05) is 12.1 Å². The summed E-state index contributed by atoms with van der Waals surface area (Å²) < 4.78 is 10.9. The molecule has 6 nitrogen and oxygen atoms in total. The van der Waals surface area contributed by atoms with Crippen LogP contribution in [0.2, 0.25) is 0 Å². The van der Waals surface area contributed by atoms with Crippen LogP contribution >= 0.6 is 0 Å². The number of carbonyl (C=O) groups is 2. The highest BCUT2D eigenvalue weighted by atomic mass is 16.5. The maximum Gasteiger partial charge on any atom is 0.262 e. The molecule has 0 aromatic heterocycles. The number of ether oxygens (including phenoxy) is 2. The highest BCUT2D eigenvalue weighted by molar-refractivity contribution is 5.98. The molecule has 3 rings (SSSR count). The molecule has 1 heterocycles. The van der Waals surface area contributed by atoms with Crippen molar-refractivity contribution in [3.8, 4) is 11.5 Å². The molecule has 2 N–H and O–H groups in total. The number of hydrogen-bond acceptors (Lipinski definition) is 4. The summed E-state index contributed by atoms with van der Waals surface area (Å²) >= 11 is 0. The van der Waals surface area contributed by atoms with Crippen molar-refractivity contribution in [2.75, 3.05) is 18.5 Å². The molecule has 1 aliphatic rings. The zero-order valence-corrected chi connectivity index (χ0v) is 14.9. The van der Waals surface area contributed by atoms with Gasteiger partial charge in [-0.05, 0) is 56.2 Å². The standard InChI is InChI=1S/C20H22N2O4/c1-13(2)26-16-6-3-14(4-7-16)9-10-21-20(24)15-5-8-17-18(11-15)25-12-19(23)22-17/h3-8,11,13H,9-10,12H2,1-2H3,(H,21,24)(H,22,23). The van der Waals surface area contributed by atoms with E-state index in [1.165, 1.54) is 0 Å². The number of fused-ring (bicyclic) bond motifs is 1. The summed E-state index contributed by atoms with van der Waals surface area (Å²) in [4.78, 5) is 23.6. The van der Waals surface area contributed by atoms with Crippen molar-refractivity contribution in [2.24, 2.45) is 0 Å². The fourth-order valence-corrected chi connectivity index (χ4v) is 2.65. The van der Waals surface area contributed by atoms with Gasteiger partial charge < -0.3 is 20.1 Å². The summed E-state index contributed by atoms with van der Waals surface area (Å²) in [7, 11) is 0. The van der Waals surface area contributed by atoms with Gasteiger partial charge in [0.05, 0.1) is 11.8 Å². The smallest absolute Gasteiger partial charge is 0.262 e. The first kappa shape index (κ1) is 17.8. The third kappa shape index (κ3) is 4.53. The predicted octanol–water partition coefficient (Wildman–Crippen LogP) is 2.78. The van der Waals surface area contributed by atoms with Crippen molar-refractivity contribution in [3.05, 3.63) is 53.6 Å². The number of benzene rings is 2. The third-order valence-corrected chi connectivity index (χ3v) is 3.87. The Morgan fingerprint density at radius 3 is 2.73 bits per heavy atom. The largest absolute Gasteiger partial charge is 0.491 e. The van der Waals surface area contributed by atoms with Gasteiger partial charge in [0.2, 0.25) is 0 Å². The van der Waals surface area contributed by atoms with E-state index in [0.29, 0.717) is 23.5 Å². The second-order valence-electron chi connectivity index (χ2n) is 6.36. The molecule has 0 atom stereocenters. The summed E-state index contributed by atoms with van der Waals surface area (Å²) in [6.07, 6.45) is 0.875. The van der Waals surface area contributed by atoms with Crippen LogP contribution in [0.4, 0.5) is 5.69 Å². The molecule has 1 aliphatic heterocycles.